The second-order valence-electron chi connectivity index (χ2n) is 9.53. The summed E-state index contributed by atoms with van der Waals surface area (Å²) in [6, 6.07) is 23.9. The van der Waals surface area contributed by atoms with Crippen LogP contribution in [0.1, 0.15) is 41.7 Å². The number of amides is 2. The molecule has 11 heteroatoms. The van der Waals surface area contributed by atoms with Crippen LogP contribution >= 0.6 is 0 Å². The fraction of sp³-hybridized carbons (Fsp3) is 0.172. The summed E-state index contributed by atoms with van der Waals surface area (Å²) in [6.45, 7) is 2.06. The third kappa shape index (κ3) is 4.99. The van der Waals surface area contributed by atoms with E-state index in [-0.39, 0.29) is 18.2 Å². The molecule has 4 aromatic carbocycles. The van der Waals surface area contributed by atoms with Crippen molar-refractivity contribution in [1.82, 2.24) is 5.32 Å². The zero-order valence-electron chi connectivity index (χ0n) is 21.4. The average Bonchev–Trinajstić information content (AvgIpc) is 3.21. The Labute approximate surface area is 231 Å². The first-order chi connectivity index (χ1) is 19.0. The lowest BCUT2D eigenvalue weighted by atomic mass is 9.95. The molecule has 0 radical (unpaired) electrons. The van der Waals surface area contributed by atoms with Gasteiger partial charge in [-0.3, -0.25) is 14.1 Å². The number of carbonyl (C=O) groups excluding carboxylic acids is 2. The molecule has 2 amide bonds. The van der Waals surface area contributed by atoms with E-state index in [1.165, 1.54) is 12.1 Å². The molecule has 0 aliphatic carbocycles. The summed E-state index contributed by atoms with van der Waals surface area (Å²) in [5.41, 5.74) is 3.87. The number of nitrogens with zero attached hydrogens (tertiary/aromatic N) is 1. The maximum Gasteiger partial charge on any atom is 0.377 e. The molecular weight excluding hydrogens is 552 g/mol. The molecule has 1 unspecified atom stereocenters. The van der Waals surface area contributed by atoms with E-state index in [4.69, 9.17) is 4.55 Å². The molecule has 1 aliphatic heterocycles. The minimum Gasteiger partial charge on any atom is -0.350 e. The molecule has 0 aromatic heterocycles. The van der Waals surface area contributed by atoms with E-state index >= 15 is 0 Å². The van der Waals surface area contributed by atoms with Crippen LogP contribution in [0.2, 0.25) is 0 Å². The molecule has 0 bridgehead atoms. The highest BCUT2D eigenvalue weighted by molar-refractivity contribution is 8.64. The van der Waals surface area contributed by atoms with Gasteiger partial charge < -0.3 is 10.2 Å². The highest BCUT2D eigenvalue weighted by atomic mass is 33.2. The molecule has 0 spiro atoms. The van der Waals surface area contributed by atoms with Gasteiger partial charge >= 0.3 is 18.0 Å². The molecule has 9 nitrogen and oxygen atoms in total. The van der Waals surface area contributed by atoms with Gasteiger partial charge in [-0.1, -0.05) is 66.7 Å². The van der Waals surface area contributed by atoms with Crippen LogP contribution in [-0.2, 0) is 22.8 Å². The van der Waals surface area contributed by atoms with Crippen molar-refractivity contribution in [2.24, 2.45) is 0 Å². The van der Waals surface area contributed by atoms with Gasteiger partial charge in [-0.05, 0) is 53.6 Å². The molecule has 0 saturated heterocycles. The topological polar surface area (TPSA) is 138 Å². The summed E-state index contributed by atoms with van der Waals surface area (Å²) < 4.78 is 54.9. The number of benzene rings is 4. The first-order valence-electron chi connectivity index (χ1n) is 12.5. The largest absolute Gasteiger partial charge is 0.377 e. The van der Waals surface area contributed by atoms with Gasteiger partial charge in [-0.15, -0.1) is 0 Å². The number of hydrogen-bond donors (Lipinski definition) is 2. The first-order valence-corrected chi connectivity index (χ1v) is 16.0. The predicted octanol–water partition coefficient (Wildman–Crippen LogP) is 4.70. The van der Waals surface area contributed by atoms with E-state index in [1.54, 1.807) is 11.8 Å². The summed E-state index contributed by atoms with van der Waals surface area (Å²) in [7, 11) is -10.2. The van der Waals surface area contributed by atoms with Crippen molar-refractivity contribution in [3.63, 3.8) is 0 Å². The minimum atomic E-state index is -5.30. The Morgan fingerprint density at radius 2 is 1.60 bits per heavy atom. The van der Waals surface area contributed by atoms with Crippen molar-refractivity contribution in [2.75, 3.05) is 11.4 Å². The fourth-order valence-electron chi connectivity index (χ4n) is 4.97. The second kappa shape index (κ2) is 10.5. The Bertz CT molecular complexity index is 1840. The first kappa shape index (κ1) is 27.5. The molecular formula is C29H26N2O7S2. The van der Waals surface area contributed by atoms with E-state index in [1.807, 2.05) is 60.7 Å². The van der Waals surface area contributed by atoms with Crippen LogP contribution in [0.25, 0.3) is 21.9 Å². The Morgan fingerprint density at radius 3 is 2.27 bits per heavy atom. The third-order valence-electron chi connectivity index (χ3n) is 6.97. The molecule has 2 N–H and O–H groups in total. The van der Waals surface area contributed by atoms with Gasteiger partial charge in [0.2, 0.25) is 5.91 Å². The summed E-state index contributed by atoms with van der Waals surface area (Å²) >= 11 is 0. The number of carbonyl (C=O) groups is 2. The van der Waals surface area contributed by atoms with Crippen molar-refractivity contribution < 1.29 is 31.0 Å². The molecule has 1 heterocycles. The number of nitrogens with one attached hydrogen (secondary N) is 1. The lowest BCUT2D eigenvalue weighted by Gasteiger charge is -2.19. The number of anilines is 1. The van der Waals surface area contributed by atoms with Crippen LogP contribution in [0.3, 0.4) is 0 Å². The minimum absolute atomic E-state index is 0.0978. The van der Waals surface area contributed by atoms with Gasteiger partial charge in [0.1, 0.15) is 0 Å². The molecule has 4 aromatic rings. The predicted molar refractivity (Wildman–Crippen MR) is 152 cm³/mol. The lowest BCUT2D eigenvalue weighted by molar-refractivity contribution is -0.121. The van der Waals surface area contributed by atoms with Crippen molar-refractivity contribution >= 4 is 46.3 Å². The summed E-state index contributed by atoms with van der Waals surface area (Å²) in [4.78, 5) is 27.4. The van der Waals surface area contributed by atoms with E-state index in [9.17, 15) is 26.4 Å². The quantitative estimate of drug-likeness (QED) is 0.217. The van der Waals surface area contributed by atoms with E-state index in [2.05, 4.69) is 5.32 Å². The highest BCUT2D eigenvalue weighted by Crippen LogP contribution is 2.42. The Balaban J connectivity index is 1.24. The van der Waals surface area contributed by atoms with Crippen molar-refractivity contribution in [3.05, 3.63) is 96.1 Å². The fourth-order valence-corrected chi connectivity index (χ4v) is 6.75. The van der Waals surface area contributed by atoms with Gasteiger partial charge in [0, 0.05) is 18.4 Å². The van der Waals surface area contributed by atoms with E-state index in [0.29, 0.717) is 24.1 Å². The molecule has 1 aliphatic rings. The summed E-state index contributed by atoms with van der Waals surface area (Å²) in [5, 5.41) is 4.71. The summed E-state index contributed by atoms with van der Waals surface area (Å²) in [6.07, 6.45) is 0.572. The SMILES string of the molecule is CC(NC(=O)CCCN1C(=O)c2c(-c3ccccc3)ccc3cccc1c23)c1ccc(S(=O)(=O)S(=O)(=O)O)cc1. The van der Waals surface area contributed by atoms with Crippen molar-refractivity contribution in [1.29, 1.82) is 0 Å². The van der Waals surface area contributed by atoms with Crippen LogP contribution in [0.5, 0.6) is 0 Å². The smallest absolute Gasteiger partial charge is 0.350 e. The van der Waals surface area contributed by atoms with Crippen LogP contribution in [-0.4, -0.2) is 39.7 Å². The maximum atomic E-state index is 13.6. The van der Waals surface area contributed by atoms with Crippen LogP contribution in [0, 0.1) is 0 Å². The maximum absolute atomic E-state index is 13.6. The Hall–Kier alpha value is -4.06. The standard InChI is InChI=1S/C29H26N2O7S2/c1-19(20-12-15-23(16-13-20)39(34,35)40(36,37)38)30-26(32)11-6-18-31-25-10-5-9-22-14-17-24(21-7-3-2-4-8-21)28(27(22)25)29(31)33/h2-5,7-10,12-17,19H,6,11,18H2,1H3,(H,30,32)(H,36,37,38). The Morgan fingerprint density at radius 1 is 0.900 bits per heavy atom. The van der Waals surface area contributed by atoms with Gasteiger partial charge in [0.15, 0.2) is 0 Å². The lowest BCUT2D eigenvalue weighted by Crippen LogP contribution is -2.30. The van der Waals surface area contributed by atoms with Gasteiger partial charge in [-0.25, -0.2) is 8.42 Å². The van der Waals surface area contributed by atoms with Gasteiger partial charge in [0.25, 0.3) is 5.91 Å². The molecule has 5 rings (SSSR count). The molecule has 0 saturated carbocycles. The molecule has 0 fully saturated rings. The number of hydrogen-bond acceptors (Lipinski definition) is 6. The van der Waals surface area contributed by atoms with Crippen LogP contribution in [0.4, 0.5) is 5.69 Å². The van der Waals surface area contributed by atoms with Crippen LogP contribution in [0.15, 0.2) is 89.8 Å². The zero-order chi connectivity index (χ0) is 28.7. The van der Waals surface area contributed by atoms with Gasteiger partial charge in [-0.2, -0.15) is 8.42 Å². The van der Waals surface area contributed by atoms with Crippen LogP contribution < -0.4 is 10.2 Å². The average molecular weight is 579 g/mol. The number of rotatable bonds is 9. The highest BCUT2D eigenvalue weighted by Gasteiger charge is 2.32. The van der Waals surface area contributed by atoms with Crippen molar-refractivity contribution in [2.45, 2.75) is 30.7 Å². The van der Waals surface area contributed by atoms with Gasteiger partial charge in [0.05, 0.1) is 22.2 Å². The zero-order valence-corrected chi connectivity index (χ0v) is 23.1. The van der Waals surface area contributed by atoms with E-state index < -0.39 is 29.0 Å². The molecule has 40 heavy (non-hydrogen) atoms. The Kier molecular flexibility index (Phi) is 7.21. The van der Waals surface area contributed by atoms with E-state index in [0.717, 1.165) is 39.7 Å². The molecule has 206 valence electrons. The normalized spacial score (nSPS) is 13.9. The monoisotopic (exact) mass is 578 g/mol. The second-order valence-corrected chi connectivity index (χ2v) is 14.3. The molecule has 1 atom stereocenters. The third-order valence-corrected chi connectivity index (χ3v) is 10.6. The summed E-state index contributed by atoms with van der Waals surface area (Å²) in [5.74, 6) is -0.353. The van der Waals surface area contributed by atoms with Crippen molar-refractivity contribution in [3.8, 4) is 11.1 Å².